The molecule has 2 aromatic rings. The number of anilines is 1. The summed E-state index contributed by atoms with van der Waals surface area (Å²) in [5.74, 6) is -0.152. The van der Waals surface area contributed by atoms with Gasteiger partial charge < -0.3 is 15.6 Å². The number of rotatable bonds is 3. The quantitative estimate of drug-likeness (QED) is 0.836. The Kier molecular flexibility index (Phi) is 2.87. The van der Waals surface area contributed by atoms with Gasteiger partial charge in [-0.1, -0.05) is 16.8 Å². The van der Waals surface area contributed by atoms with Gasteiger partial charge in [0.25, 0.3) is 17.6 Å². The summed E-state index contributed by atoms with van der Waals surface area (Å²) >= 11 is 5.89. The number of benzene rings is 1. The summed E-state index contributed by atoms with van der Waals surface area (Å²) in [7, 11) is 0. The van der Waals surface area contributed by atoms with Crippen LogP contribution in [0.15, 0.2) is 22.7 Å². The zero-order valence-corrected chi connectivity index (χ0v) is 10.6. The number of nitrogens with two attached hydrogens (primary N) is 1. The molecule has 98 valence electrons. The number of hydrogen-bond acceptors (Lipinski definition) is 5. The molecule has 1 saturated carbocycles. The van der Waals surface area contributed by atoms with Crippen molar-refractivity contribution in [3.63, 3.8) is 0 Å². The van der Waals surface area contributed by atoms with E-state index in [0.29, 0.717) is 16.3 Å². The van der Waals surface area contributed by atoms with E-state index in [9.17, 15) is 4.79 Å². The molecule has 1 fully saturated rings. The zero-order chi connectivity index (χ0) is 13.4. The summed E-state index contributed by atoms with van der Waals surface area (Å²) in [4.78, 5) is 15.8. The highest BCUT2D eigenvalue weighted by atomic mass is 35.5. The number of nitrogen functional groups attached to an aromatic ring is 1. The summed E-state index contributed by atoms with van der Waals surface area (Å²) in [5.41, 5.74) is 6.79. The molecule has 0 radical (unpaired) electrons. The average molecular weight is 279 g/mol. The highest BCUT2D eigenvalue weighted by Gasteiger charge is 2.26. The topological polar surface area (TPSA) is 94.0 Å². The van der Waals surface area contributed by atoms with Crippen LogP contribution in [0.3, 0.4) is 0 Å². The predicted molar refractivity (Wildman–Crippen MR) is 69.6 cm³/mol. The number of aromatic nitrogens is 2. The molecular weight excluding hydrogens is 268 g/mol. The van der Waals surface area contributed by atoms with E-state index < -0.39 is 0 Å². The fourth-order valence-corrected chi connectivity index (χ4v) is 1.79. The number of halogens is 1. The molecule has 19 heavy (non-hydrogen) atoms. The smallest absolute Gasteiger partial charge is 0.292 e. The van der Waals surface area contributed by atoms with Crippen molar-refractivity contribution in [2.24, 2.45) is 0 Å². The predicted octanol–water partition coefficient (Wildman–Crippen LogP) is 1.86. The lowest BCUT2D eigenvalue weighted by Crippen LogP contribution is -2.26. The Bertz CT molecular complexity index is 636. The second kappa shape index (κ2) is 4.55. The summed E-state index contributed by atoms with van der Waals surface area (Å²) < 4.78 is 5.05. The van der Waals surface area contributed by atoms with Crippen molar-refractivity contribution in [1.29, 1.82) is 0 Å². The molecule has 7 heteroatoms. The second-order valence-electron chi connectivity index (χ2n) is 4.40. The Morgan fingerprint density at radius 1 is 1.47 bits per heavy atom. The minimum atomic E-state index is -0.335. The molecule has 0 atom stereocenters. The van der Waals surface area contributed by atoms with Crippen LogP contribution in [-0.4, -0.2) is 22.1 Å². The van der Waals surface area contributed by atoms with Gasteiger partial charge in [-0.15, -0.1) is 0 Å². The van der Waals surface area contributed by atoms with E-state index in [0.717, 1.165) is 12.8 Å². The highest BCUT2D eigenvalue weighted by molar-refractivity contribution is 6.31. The van der Waals surface area contributed by atoms with Crippen LogP contribution in [0.5, 0.6) is 0 Å². The summed E-state index contributed by atoms with van der Waals surface area (Å²) in [6, 6.07) is 5.17. The molecule has 0 aliphatic heterocycles. The van der Waals surface area contributed by atoms with Crippen molar-refractivity contribution in [2.45, 2.75) is 18.9 Å². The molecule has 1 aliphatic rings. The zero-order valence-electron chi connectivity index (χ0n) is 9.89. The molecule has 0 unspecified atom stereocenters. The maximum Gasteiger partial charge on any atom is 0.292 e. The Hall–Kier alpha value is -2.08. The molecule has 6 nitrogen and oxygen atoms in total. The molecule has 1 aromatic heterocycles. The molecule has 1 aromatic carbocycles. The Labute approximate surface area is 113 Å². The van der Waals surface area contributed by atoms with Crippen LogP contribution in [0.2, 0.25) is 5.02 Å². The van der Waals surface area contributed by atoms with Gasteiger partial charge >= 0.3 is 0 Å². The van der Waals surface area contributed by atoms with E-state index in [2.05, 4.69) is 15.5 Å². The van der Waals surface area contributed by atoms with E-state index in [-0.39, 0.29) is 23.7 Å². The van der Waals surface area contributed by atoms with Crippen LogP contribution in [-0.2, 0) is 0 Å². The first-order valence-electron chi connectivity index (χ1n) is 5.83. The molecule has 1 heterocycles. The third-order valence-corrected chi connectivity index (χ3v) is 3.02. The van der Waals surface area contributed by atoms with Gasteiger partial charge in [0, 0.05) is 16.8 Å². The molecule has 3 N–H and O–H groups in total. The molecule has 1 amide bonds. The lowest BCUT2D eigenvalue weighted by atomic mass is 10.2. The number of carbonyl (C=O) groups excluding carboxylic acids is 1. The minimum Gasteiger partial charge on any atom is -0.398 e. The molecule has 3 rings (SSSR count). The van der Waals surface area contributed by atoms with Gasteiger partial charge in [-0.2, -0.15) is 4.98 Å². The van der Waals surface area contributed by atoms with Crippen molar-refractivity contribution in [3.8, 4) is 11.5 Å². The number of carbonyl (C=O) groups is 1. The van der Waals surface area contributed by atoms with Gasteiger partial charge in [0.15, 0.2) is 0 Å². The van der Waals surface area contributed by atoms with Crippen LogP contribution >= 0.6 is 11.6 Å². The fourth-order valence-electron chi connectivity index (χ4n) is 1.62. The average Bonchev–Trinajstić information content (AvgIpc) is 3.06. The normalized spacial score (nSPS) is 14.4. The number of hydrogen-bond donors (Lipinski definition) is 2. The van der Waals surface area contributed by atoms with E-state index in [4.69, 9.17) is 21.9 Å². The number of nitrogens with one attached hydrogen (secondary N) is 1. The SMILES string of the molecule is Nc1ccc(Cl)cc1-c1nc(C(=O)NC2CC2)no1. The van der Waals surface area contributed by atoms with Gasteiger partial charge in [0.2, 0.25) is 0 Å². The summed E-state index contributed by atoms with van der Waals surface area (Å²) in [6.07, 6.45) is 2.00. The summed E-state index contributed by atoms with van der Waals surface area (Å²) in [5, 5.41) is 6.93. The van der Waals surface area contributed by atoms with E-state index >= 15 is 0 Å². The molecule has 1 aliphatic carbocycles. The second-order valence-corrected chi connectivity index (χ2v) is 4.84. The summed E-state index contributed by atoms with van der Waals surface area (Å²) in [6.45, 7) is 0. The van der Waals surface area contributed by atoms with E-state index in [1.165, 1.54) is 0 Å². The lowest BCUT2D eigenvalue weighted by Gasteiger charge is -2.00. The Morgan fingerprint density at radius 3 is 3.00 bits per heavy atom. The van der Waals surface area contributed by atoms with Crippen molar-refractivity contribution in [1.82, 2.24) is 15.5 Å². The van der Waals surface area contributed by atoms with Crippen LogP contribution < -0.4 is 11.1 Å². The van der Waals surface area contributed by atoms with Crippen molar-refractivity contribution in [3.05, 3.63) is 29.0 Å². The van der Waals surface area contributed by atoms with Crippen LogP contribution in [0.25, 0.3) is 11.5 Å². The first-order chi connectivity index (χ1) is 9.13. The molecule has 0 saturated heterocycles. The van der Waals surface area contributed by atoms with Gasteiger partial charge in [0.05, 0.1) is 5.56 Å². The molecular formula is C12H11ClN4O2. The van der Waals surface area contributed by atoms with Crippen LogP contribution in [0, 0.1) is 0 Å². The van der Waals surface area contributed by atoms with E-state index in [1.807, 2.05) is 0 Å². The minimum absolute atomic E-state index is 0.00118. The maximum absolute atomic E-state index is 11.7. The number of nitrogens with zero attached hydrogens (tertiary/aromatic N) is 2. The maximum atomic E-state index is 11.7. The van der Waals surface area contributed by atoms with Crippen molar-refractivity contribution < 1.29 is 9.32 Å². The molecule has 0 bridgehead atoms. The number of amides is 1. The lowest BCUT2D eigenvalue weighted by molar-refractivity contribution is 0.0937. The van der Waals surface area contributed by atoms with Gasteiger partial charge in [-0.25, -0.2) is 0 Å². The Morgan fingerprint density at radius 2 is 2.26 bits per heavy atom. The van der Waals surface area contributed by atoms with Crippen molar-refractivity contribution >= 4 is 23.2 Å². The highest BCUT2D eigenvalue weighted by Crippen LogP contribution is 2.27. The first-order valence-corrected chi connectivity index (χ1v) is 6.21. The van der Waals surface area contributed by atoms with E-state index in [1.54, 1.807) is 18.2 Å². The monoisotopic (exact) mass is 278 g/mol. The third-order valence-electron chi connectivity index (χ3n) is 2.79. The standard InChI is InChI=1S/C12H11ClN4O2/c13-6-1-4-9(14)8(5-6)12-16-10(17-19-12)11(18)15-7-2-3-7/h1,4-5,7H,2-3,14H2,(H,15,18). The van der Waals surface area contributed by atoms with Gasteiger partial charge in [-0.3, -0.25) is 4.79 Å². The third kappa shape index (κ3) is 2.53. The van der Waals surface area contributed by atoms with Crippen LogP contribution in [0.4, 0.5) is 5.69 Å². The molecule has 0 spiro atoms. The first kappa shape index (κ1) is 12.0. The van der Waals surface area contributed by atoms with Crippen molar-refractivity contribution in [2.75, 3.05) is 5.73 Å². The van der Waals surface area contributed by atoms with Gasteiger partial charge in [-0.05, 0) is 31.0 Å². The fraction of sp³-hybridized carbons (Fsp3) is 0.250. The van der Waals surface area contributed by atoms with Gasteiger partial charge in [0.1, 0.15) is 0 Å². The largest absolute Gasteiger partial charge is 0.398 e. The Balaban J connectivity index is 1.87. The van der Waals surface area contributed by atoms with Crippen LogP contribution in [0.1, 0.15) is 23.5 Å².